The van der Waals surface area contributed by atoms with Gasteiger partial charge in [-0.3, -0.25) is 10.1 Å². The first-order valence-electron chi connectivity index (χ1n) is 8.22. The number of ether oxygens (including phenoxy) is 4. The smallest absolute Gasteiger partial charge is 0.269 e. The topological polar surface area (TPSA) is 121 Å². The van der Waals surface area contributed by atoms with Gasteiger partial charge in [-0.05, 0) is 37.6 Å². The van der Waals surface area contributed by atoms with Gasteiger partial charge in [0.25, 0.3) is 5.69 Å². The Morgan fingerprint density at radius 3 is 2.54 bits per heavy atom. The van der Waals surface area contributed by atoms with Crippen molar-refractivity contribution in [3.8, 4) is 0 Å². The number of nitro groups is 1. The molecule has 2 N–H and O–H groups in total. The van der Waals surface area contributed by atoms with Gasteiger partial charge < -0.3 is 29.2 Å². The molecule has 9 nitrogen and oxygen atoms in total. The number of non-ortho nitro benzene ring substituents is 1. The van der Waals surface area contributed by atoms with Crippen LogP contribution in [-0.4, -0.2) is 57.7 Å². The van der Waals surface area contributed by atoms with E-state index < -0.39 is 40.9 Å². The van der Waals surface area contributed by atoms with Crippen LogP contribution in [0, 0.1) is 10.1 Å². The van der Waals surface area contributed by atoms with Gasteiger partial charge in [0.1, 0.15) is 11.9 Å². The quantitative estimate of drug-likeness (QED) is 0.600. The second-order valence-corrected chi connectivity index (χ2v) is 7.00. The number of aliphatic hydroxyl groups is 2. The molecule has 140 valence electrons. The Morgan fingerprint density at radius 2 is 1.92 bits per heavy atom. The van der Waals surface area contributed by atoms with E-state index in [9.17, 15) is 20.3 Å². The van der Waals surface area contributed by atoms with Crippen LogP contribution < -0.4 is 0 Å². The van der Waals surface area contributed by atoms with E-state index in [0.717, 1.165) is 0 Å². The summed E-state index contributed by atoms with van der Waals surface area (Å²) < 4.78 is 22.9. The fraction of sp³-hybridized carbons (Fsp3) is 0.529. The Bertz CT molecular complexity index is 761. The van der Waals surface area contributed by atoms with E-state index in [1.54, 1.807) is 32.1 Å². The molecule has 5 atom stereocenters. The Kier molecular flexibility index (Phi) is 3.83. The number of benzene rings is 1. The molecule has 0 amide bonds. The van der Waals surface area contributed by atoms with Gasteiger partial charge in [0.15, 0.2) is 29.9 Å². The fourth-order valence-electron chi connectivity index (χ4n) is 3.63. The molecule has 4 rings (SSSR count). The summed E-state index contributed by atoms with van der Waals surface area (Å²) in [6.07, 6.45) is -1.65. The van der Waals surface area contributed by atoms with Crippen molar-refractivity contribution in [2.75, 3.05) is 6.61 Å². The third-order valence-electron chi connectivity index (χ3n) is 4.80. The Morgan fingerprint density at radius 1 is 1.23 bits per heavy atom. The highest BCUT2D eigenvalue weighted by Crippen LogP contribution is 2.52. The van der Waals surface area contributed by atoms with Gasteiger partial charge in [0, 0.05) is 12.1 Å². The molecule has 3 saturated heterocycles. The van der Waals surface area contributed by atoms with Crippen molar-refractivity contribution >= 4 is 11.8 Å². The molecular formula is C17H19NO8. The van der Waals surface area contributed by atoms with E-state index in [2.05, 4.69) is 0 Å². The molecule has 0 aliphatic carbocycles. The normalized spacial score (nSPS) is 38.8. The maximum absolute atomic E-state index is 11.4. The molecule has 26 heavy (non-hydrogen) atoms. The zero-order valence-electron chi connectivity index (χ0n) is 14.2. The van der Waals surface area contributed by atoms with E-state index in [-0.39, 0.29) is 18.1 Å². The summed E-state index contributed by atoms with van der Waals surface area (Å²) in [5.74, 6) is -0.754. The van der Waals surface area contributed by atoms with Crippen molar-refractivity contribution in [3.05, 3.63) is 45.7 Å². The monoisotopic (exact) mass is 365 g/mol. The standard InChI is InChI=1S/C17H19NO8/c1-16(2)25-14-15(26-16)24-13-11(8-19)23-12(17(13,14)20)7-9-3-5-10(6-4-9)18(21)22/h3-7,11,13-15,19-20H,8H2,1-2H3/b12-7+/t11-,13-,14+,15-,17-/m1/s1. The molecule has 3 aliphatic heterocycles. The Balaban J connectivity index is 1.70. The minimum absolute atomic E-state index is 0.0390. The summed E-state index contributed by atoms with van der Waals surface area (Å²) >= 11 is 0. The maximum Gasteiger partial charge on any atom is 0.269 e. The molecule has 3 fully saturated rings. The molecule has 0 saturated carbocycles. The van der Waals surface area contributed by atoms with Crippen LogP contribution in [0.1, 0.15) is 19.4 Å². The number of aliphatic hydroxyl groups excluding tert-OH is 1. The largest absolute Gasteiger partial charge is 0.486 e. The lowest BCUT2D eigenvalue weighted by atomic mass is 9.89. The highest BCUT2D eigenvalue weighted by molar-refractivity contribution is 5.57. The number of nitrogens with zero attached hydrogens (tertiary/aromatic N) is 1. The lowest BCUT2D eigenvalue weighted by Crippen LogP contribution is -2.49. The SMILES string of the molecule is CC1(C)O[C@H]2O[C@@H]3[C@@H](CO)O/C(=C/c4ccc([N+](=O)[O-])cc4)[C@]3(O)[C@H]2O1. The van der Waals surface area contributed by atoms with Crippen LogP contribution in [0.4, 0.5) is 5.69 Å². The maximum atomic E-state index is 11.4. The van der Waals surface area contributed by atoms with Gasteiger partial charge in [-0.15, -0.1) is 0 Å². The molecule has 3 aliphatic rings. The van der Waals surface area contributed by atoms with Crippen molar-refractivity contribution in [1.82, 2.24) is 0 Å². The molecule has 0 aromatic heterocycles. The fourth-order valence-corrected chi connectivity index (χ4v) is 3.63. The van der Waals surface area contributed by atoms with Gasteiger partial charge in [0.05, 0.1) is 11.5 Å². The number of rotatable bonds is 3. The van der Waals surface area contributed by atoms with Gasteiger partial charge in [-0.25, -0.2) is 0 Å². The van der Waals surface area contributed by atoms with Gasteiger partial charge in [0.2, 0.25) is 0 Å². The van der Waals surface area contributed by atoms with Crippen molar-refractivity contribution in [2.45, 2.75) is 49.8 Å². The molecule has 0 bridgehead atoms. The predicted molar refractivity (Wildman–Crippen MR) is 86.7 cm³/mol. The minimum atomic E-state index is -1.63. The first kappa shape index (κ1) is 17.4. The van der Waals surface area contributed by atoms with Gasteiger partial charge in [-0.2, -0.15) is 0 Å². The average molecular weight is 365 g/mol. The van der Waals surface area contributed by atoms with Crippen LogP contribution in [0.5, 0.6) is 0 Å². The van der Waals surface area contributed by atoms with E-state index in [1.165, 1.54) is 12.1 Å². The van der Waals surface area contributed by atoms with Gasteiger partial charge in [-0.1, -0.05) is 0 Å². The van der Waals surface area contributed by atoms with Crippen LogP contribution in [0.15, 0.2) is 30.0 Å². The van der Waals surface area contributed by atoms with Crippen molar-refractivity contribution < 1.29 is 34.1 Å². The third kappa shape index (κ3) is 2.51. The molecular weight excluding hydrogens is 346 g/mol. The zero-order valence-corrected chi connectivity index (χ0v) is 14.2. The molecule has 0 radical (unpaired) electrons. The first-order valence-corrected chi connectivity index (χ1v) is 8.22. The van der Waals surface area contributed by atoms with Crippen LogP contribution >= 0.6 is 0 Å². The summed E-state index contributed by atoms with van der Waals surface area (Å²) in [5, 5.41) is 31.7. The predicted octanol–water partition coefficient (Wildman–Crippen LogP) is 0.934. The van der Waals surface area contributed by atoms with E-state index in [0.29, 0.717) is 5.56 Å². The highest BCUT2D eigenvalue weighted by Gasteiger charge is 2.70. The van der Waals surface area contributed by atoms with Crippen LogP contribution in [0.25, 0.3) is 6.08 Å². The number of fused-ring (bicyclic) bond motifs is 3. The molecule has 1 aromatic carbocycles. The second-order valence-electron chi connectivity index (χ2n) is 7.00. The Labute approximate surface area is 148 Å². The van der Waals surface area contributed by atoms with E-state index >= 15 is 0 Å². The summed E-state index contributed by atoms with van der Waals surface area (Å²) in [5.41, 5.74) is -1.08. The van der Waals surface area contributed by atoms with Crippen LogP contribution in [-0.2, 0) is 18.9 Å². The van der Waals surface area contributed by atoms with Gasteiger partial charge >= 0.3 is 0 Å². The number of nitro benzene ring substituents is 1. The Hall–Kier alpha value is -2.04. The van der Waals surface area contributed by atoms with Crippen molar-refractivity contribution in [2.24, 2.45) is 0 Å². The molecule has 0 spiro atoms. The number of hydrogen-bond acceptors (Lipinski definition) is 8. The van der Waals surface area contributed by atoms with Crippen molar-refractivity contribution in [1.29, 1.82) is 0 Å². The first-order chi connectivity index (χ1) is 12.2. The lowest BCUT2D eigenvalue weighted by Gasteiger charge is -2.27. The molecule has 9 heteroatoms. The summed E-state index contributed by atoms with van der Waals surface area (Å²) in [6, 6.07) is 5.81. The van der Waals surface area contributed by atoms with Crippen molar-refractivity contribution in [3.63, 3.8) is 0 Å². The average Bonchev–Trinajstić information content (AvgIpc) is 3.13. The summed E-state index contributed by atoms with van der Waals surface area (Å²) in [7, 11) is 0. The van der Waals surface area contributed by atoms with Crippen LogP contribution in [0.2, 0.25) is 0 Å². The molecule has 0 unspecified atom stereocenters. The highest BCUT2D eigenvalue weighted by atomic mass is 16.8. The summed E-state index contributed by atoms with van der Waals surface area (Å²) in [6.45, 7) is 3.08. The minimum Gasteiger partial charge on any atom is -0.486 e. The second kappa shape index (κ2) is 5.73. The number of hydrogen-bond donors (Lipinski definition) is 2. The summed E-state index contributed by atoms with van der Waals surface area (Å²) in [4.78, 5) is 10.3. The third-order valence-corrected chi connectivity index (χ3v) is 4.80. The molecule has 1 aromatic rings. The zero-order chi connectivity index (χ0) is 18.7. The molecule has 3 heterocycles. The van der Waals surface area contributed by atoms with Crippen LogP contribution in [0.3, 0.4) is 0 Å². The van der Waals surface area contributed by atoms with E-state index in [4.69, 9.17) is 18.9 Å². The lowest BCUT2D eigenvalue weighted by molar-refractivity contribution is -0.384. The van der Waals surface area contributed by atoms with E-state index in [1.807, 2.05) is 0 Å².